The van der Waals surface area contributed by atoms with Gasteiger partial charge in [0.25, 0.3) is 5.91 Å². The molecule has 1 radical (unpaired) electrons. The van der Waals surface area contributed by atoms with Crippen molar-refractivity contribution in [3.63, 3.8) is 0 Å². The maximum Gasteiger partial charge on any atom is 0.252 e. The van der Waals surface area contributed by atoms with Crippen LogP contribution in [0.1, 0.15) is 60.9 Å². The fourth-order valence-electron chi connectivity index (χ4n) is 4.13. The third-order valence-corrected chi connectivity index (χ3v) is 5.98. The summed E-state index contributed by atoms with van der Waals surface area (Å²) in [5, 5.41) is 2.88. The second-order valence-corrected chi connectivity index (χ2v) is 8.47. The Morgan fingerprint density at radius 1 is 1.19 bits per heavy atom. The number of nitrogens with two attached hydrogens (primary N) is 2. The lowest BCUT2D eigenvalue weighted by molar-refractivity contribution is -0.122. The molecule has 0 aromatic heterocycles. The van der Waals surface area contributed by atoms with E-state index in [0.29, 0.717) is 43.2 Å². The molecular formula is C25H34N3O3. The molecule has 167 valence electrons. The molecule has 1 atom stereocenters. The number of carbonyl (C=O) groups excluding carboxylic acids is 2. The average molecular weight is 425 g/mol. The molecule has 0 unspecified atom stereocenters. The monoisotopic (exact) mass is 424 g/mol. The first-order valence-corrected chi connectivity index (χ1v) is 11.3. The van der Waals surface area contributed by atoms with Gasteiger partial charge in [-0.15, -0.1) is 0 Å². The number of hydrogen-bond donors (Lipinski definition) is 3. The highest BCUT2D eigenvalue weighted by atomic mass is 16.5. The van der Waals surface area contributed by atoms with E-state index in [2.05, 4.69) is 17.8 Å². The lowest BCUT2D eigenvalue weighted by atomic mass is 9.90. The van der Waals surface area contributed by atoms with Crippen LogP contribution < -0.4 is 21.5 Å². The van der Waals surface area contributed by atoms with Gasteiger partial charge in [0.2, 0.25) is 5.91 Å². The van der Waals surface area contributed by atoms with Gasteiger partial charge in [-0.1, -0.05) is 49.1 Å². The number of nitrogens with one attached hydrogen (secondary N) is 1. The molecule has 3 rings (SSSR count). The van der Waals surface area contributed by atoms with Crippen molar-refractivity contribution < 1.29 is 14.3 Å². The van der Waals surface area contributed by atoms with Gasteiger partial charge in [-0.25, -0.2) is 0 Å². The van der Waals surface area contributed by atoms with E-state index in [1.54, 1.807) is 6.07 Å². The predicted molar refractivity (Wildman–Crippen MR) is 122 cm³/mol. The van der Waals surface area contributed by atoms with E-state index in [9.17, 15) is 9.59 Å². The van der Waals surface area contributed by atoms with Crippen LogP contribution in [-0.4, -0.2) is 31.0 Å². The molecule has 0 aliphatic heterocycles. The number of amides is 2. The Kier molecular flexibility index (Phi) is 8.71. The zero-order valence-electron chi connectivity index (χ0n) is 18.1. The SMILES string of the molecule is NC(=O)c1cc(CCNC(=O)[C@@H](N)CC2=CC[CH]C=C2)ccc1OCC1CCCCC1. The molecule has 6 heteroatoms. The normalized spacial score (nSPS) is 17.6. The van der Waals surface area contributed by atoms with Crippen LogP contribution in [0.25, 0.3) is 0 Å². The van der Waals surface area contributed by atoms with Crippen molar-refractivity contribution in [2.75, 3.05) is 13.2 Å². The molecule has 6 nitrogen and oxygen atoms in total. The first-order valence-electron chi connectivity index (χ1n) is 11.3. The van der Waals surface area contributed by atoms with Crippen LogP contribution in [-0.2, 0) is 11.2 Å². The second-order valence-electron chi connectivity index (χ2n) is 8.47. The van der Waals surface area contributed by atoms with Crippen molar-refractivity contribution in [3.05, 3.63) is 59.5 Å². The van der Waals surface area contributed by atoms with Crippen molar-refractivity contribution in [1.82, 2.24) is 5.32 Å². The highest BCUT2D eigenvalue weighted by molar-refractivity contribution is 5.95. The van der Waals surface area contributed by atoms with Gasteiger partial charge in [-0.2, -0.15) is 0 Å². The van der Waals surface area contributed by atoms with Gasteiger partial charge in [0.15, 0.2) is 0 Å². The van der Waals surface area contributed by atoms with Crippen molar-refractivity contribution in [2.45, 2.75) is 57.4 Å². The van der Waals surface area contributed by atoms with Crippen LogP contribution in [0.2, 0.25) is 0 Å². The average Bonchev–Trinajstić information content (AvgIpc) is 2.79. The summed E-state index contributed by atoms with van der Waals surface area (Å²) in [6, 6.07) is 4.91. The van der Waals surface area contributed by atoms with Gasteiger partial charge < -0.3 is 21.5 Å². The number of rotatable bonds is 10. The Morgan fingerprint density at radius 3 is 2.71 bits per heavy atom. The smallest absolute Gasteiger partial charge is 0.252 e. The minimum Gasteiger partial charge on any atom is -0.492 e. The van der Waals surface area contributed by atoms with Crippen LogP contribution in [0.5, 0.6) is 5.75 Å². The molecule has 0 spiro atoms. The fourth-order valence-corrected chi connectivity index (χ4v) is 4.13. The third-order valence-electron chi connectivity index (χ3n) is 5.98. The van der Waals surface area contributed by atoms with Crippen LogP contribution >= 0.6 is 0 Å². The lowest BCUT2D eigenvalue weighted by Crippen LogP contribution is -2.41. The van der Waals surface area contributed by atoms with Gasteiger partial charge in [-0.05, 0) is 62.1 Å². The zero-order valence-corrected chi connectivity index (χ0v) is 18.1. The number of carbonyl (C=O) groups is 2. The molecule has 1 saturated carbocycles. The summed E-state index contributed by atoms with van der Waals surface area (Å²) >= 11 is 0. The molecule has 2 aliphatic rings. The molecule has 1 aromatic rings. The summed E-state index contributed by atoms with van der Waals surface area (Å²) in [7, 11) is 0. The Morgan fingerprint density at radius 2 is 2.00 bits per heavy atom. The van der Waals surface area contributed by atoms with E-state index in [1.165, 1.54) is 32.1 Å². The number of ether oxygens (including phenoxy) is 1. The van der Waals surface area contributed by atoms with E-state index >= 15 is 0 Å². The minimum atomic E-state index is -0.578. The quantitative estimate of drug-likeness (QED) is 0.536. The lowest BCUT2D eigenvalue weighted by Gasteiger charge is -2.22. The van der Waals surface area contributed by atoms with Gasteiger partial charge in [0, 0.05) is 6.54 Å². The maximum absolute atomic E-state index is 12.3. The topological polar surface area (TPSA) is 107 Å². The number of allylic oxidation sites excluding steroid dienone is 3. The van der Waals surface area contributed by atoms with Crippen molar-refractivity contribution in [2.24, 2.45) is 17.4 Å². The van der Waals surface area contributed by atoms with Crippen LogP contribution in [0.4, 0.5) is 0 Å². The van der Waals surface area contributed by atoms with Crippen LogP contribution in [0, 0.1) is 12.3 Å². The van der Waals surface area contributed by atoms with E-state index < -0.39 is 11.9 Å². The summed E-state index contributed by atoms with van der Waals surface area (Å²) in [6.07, 6.45) is 16.2. The van der Waals surface area contributed by atoms with Gasteiger partial charge in [0.05, 0.1) is 18.2 Å². The Labute approximate surface area is 185 Å². The summed E-state index contributed by atoms with van der Waals surface area (Å²) in [4.78, 5) is 24.2. The first kappa shape index (κ1) is 23.1. The van der Waals surface area contributed by atoms with Crippen molar-refractivity contribution >= 4 is 11.8 Å². The maximum atomic E-state index is 12.3. The van der Waals surface area contributed by atoms with E-state index in [1.807, 2.05) is 24.3 Å². The number of hydrogen-bond acceptors (Lipinski definition) is 4. The Hall–Kier alpha value is -2.60. The molecule has 2 aliphatic carbocycles. The summed E-state index contributed by atoms with van der Waals surface area (Å²) in [5.74, 6) is 0.412. The number of primary amides is 1. The van der Waals surface area contributed by atoms with Crippen LogP contribution in [0.15, 0.2) is 42.0 Å². The van der Waals surface area contributed by atoms with Gasteiger partial charge >= 0.3 is 0 Å². The minimum absolute atomic E-state index is 0.175. The summed E-state index contributed by atoms with van der Waals surface area (Å²) in [5.41, 5.74) is 14.0. The first-order chi connectivity index (χ1) is 15.0. The molecule has 0 saturated heterocycles. The van der Waals surface area contributed by atoms with E-state index in [4.69, 9.17) is 16.2 Å². The molecule has 31 heavy (non-hydrogen) atoms. The second kappa shape index (κ2) is 11.7. The van der Waals surface area contributed by atoms with Crippen molar-refractivity contribution in [1.29, 1.82) is 0 Å². The van der Waals surface area contributed by atoms with Crippen molar-refractivity contribution in [3.8, 4) is 5.75 Å². The summed E-state index contributed by atoms with van der Waals surface area (Å²) in [6.45, 7) is 1.06. The predicted octanol–water partition coefficient (Wildman–Crippen LogP) is 3.21. The molecule has 5 N–H and O–H groups in total. The Balaban J connectivity index is 1.48. The highest BCUT2D eigenvalue weighted by Gasteiger charge is 2.17. The van der Waals surface area contributed by atoms with Gasteiger partial charge in [-0.3, -0.25) is 9.59 Å². The molecular weight excluding hydrogens is 390 g/mol. The number of benzene rings is 1. The van der Waals surface area contributed by atoms with E-state index in [0.717, 1.165) is 17.6 Å². The summed E-state index contributed by atoms with van der Waals surface area (Å²) < 4.78 is 5.94. The third kappa shape index (κ3) is 7.24. The molecule has 1 fully saturated rings. The molecule has 1 aromatic carbocycles. The standard InChI is InChI=1S/C25H34N3O3/c26-22(16-18-7-3-1-4-8-18)25(30)28-14-13-19-11-12-23(21(15-19)24(27)29)31-17-20-9-5-2-6-10-20/h1,3,7-8,11-12,15,20,22H,2,4-6,9-10,13-14,16-17,26H2,(H2,27,29)(H,28,30)/t22-/m0/s1. The van der Waals surface area contributed by atoms with Gasteiger partial charge in [0.1, 0.15) is 5.75 Å². The largest absolute Gasteiger partial charge is 0.492 e. The molecule has 2 amide bonds. The highest BCUT2D eigenvalue weighted by Crippen LogP contribution is 2.26. The fraction of sp³-hybridized carbons (Fsp3) is 0.480. The molecule has 0 bridgehead atoms. The van der Waals surface area contributed by atoms with Crippen LogP contribution in [0.3, 0.4) is 0 Å². The zero-order chi connectivity index (χ0) is 22.1. The molecule has 0 heterocycles. The van der Waals surface area contributed by atoms with E-state index in [-0.39, 0.29) is 5.91 Å². The Bertz CT molecular complexity index is 825.